The van der Waals surface area contributed by atoms with Gasteiger partial charge in [0, 0.05) is 16.4 Å². The Kier molecular flexibility index (Phi) is 6.53. The topological polar surface area (TPSA) is 21.3 Å². The van der Waals surface area contributed by atoms with Gasteiger partial charge in [0.2, 0.25) is 0 Å². The molecule has 0 amide bonds. The molecular formula is C17H29NOS. The lowest BCUT2D eigenvalue weighted by molar-refractivity contribution is -0.0172. The van der Waals surface area contributed by atoms with Crippen molar-refractivity contribution in [2.75, 3.05) is 13.2 Å². The highest BCUT2D eigenvalue weighted by Crippen LogP contribution is 2.36. The van der Waals surface area contributed by atoms with Crippen molar-refractivity contribution < 1.29 is 4.74 Å². The lowest BCUT2D eigenvalue weighted by atomic mass is 9.82. The average Bonchev–Trinajstić information content (AvgIpc) is 2.90. The molecule has 0 aliphatic heterocycles. The third-order valence-corrected chi connectivity index (χ3v) is 5.38. The van der Waals surface area contributed by atoms with Crippen molar-refractivity contribution in [1.82, 2.24) is 5.32 Å². The van der Waals surface area contributed by atoms with E-state index < -0.39 is 0 Å². The van der Waals surface area contributed by atoms with Crippen LogP contribution in [-0.2, 0) is 4.74 Å². The number of hydrogen-bond acceptors (Lipinski definition) is 3. The van der Waals surface area contributed by atoms with Crippen LogP contribution in [0.4, 0.5) is 0 Å². The summed E-state index contributed by atoms with van der Waals surface area (Å²) in [6.45, 7) is 8.31. The zero-order valence-electron chi connectivity index (χ0n) is 13.2. The van der Waals surface area contributed by atoms with Crippen LogP contribution in [0.5, 0.6) is 0 Å². The summed E-state index contributed by atoms with van der Waals surface area (Å²) in [5, 5.41) is 3.68. The Morgan fingerprint density at radius 1 is 1.25 bits per heavy atom. The van der Waals surface area contributed by atoms with Gasteiger partial charge in [0.25, 0.3) is 0 Å². The number of thiophene rings is 1. The number of hydrogen-bond donors (Lipinski definition) is 1. The molecule has 114 valence electrons. The molecule has 20 heavy (non-hydrogen) atoms. The molecule has 2 unspecified atom stereocenters. The number of nitrogens with one attached hydrogen (secondary N) is 1. The summed E-state index contributed by atoms with van der Waals surface area (Å²) in [5.41, 5.74) is 0. The molecule has 0 spiro atoms. The maximum absolute atomic E-state index is 6.20. The molecule has 0 radical (unpaired) electrons. The van der Waals surface area contributed by atoms with Crippen molar-refractivity contribution in [2.45, 2.75) is 65.0 Å². The lowest BCUT2D eigenvalue weighted by Crippen LogP contribution is -2.39. The molecule has 1 aliphatic rings. The first-order valence-corrected chi connectivity index (χ1v) is 8.99. The second kappa shape index (κ2) is 8.16. The van der Waals surface area contributed by atoms with Gasteiger partial charge in [0.15, 0.2) is 0 Å². The normalized spacial score (nSPS) is 19.9. The fraction of sp³-hybridized carbons (Fsp3) is 0.765. The van der Waals surface area contributed by atoms with E-state index in [0.717, 1.165) is 19.1 Å². The highest BCUT2D eigenvalue weighted by Gasteiger charge is 2.32. The first kappa shape index (κ1) is 16.0. The average molecular weight is 295 g/mol. The first-order chi connectivity index (χ1) is 9.76. The maximum atomic E-state index is 6.20. The monoisotopic (exact) mass is 295 g/mol. The van der Waals surface area contributed by atoms with Gasteiger partial charge in [-0.3, -0.25) is 0 Å². The largest absolute Gasteiger partial charge is 0.376 e. The summed E-state index contributed by atoms with van der Waals surface area (Å²) in [7, 11) is 0. The van der Waals surface area contributed by atoms with Crippen LogP contribution in [-0.4, -0.2) is 19.3 Å². The molecule has 0 saturated heterocycles. The molecule has 1 aromatic rings. The van der Waals surface area contributed by atoms with E-state index in [-0.39, 0.29) is 0 Å². The summed E-state index contributed by atoms with van der Waals surface area (Å²) in [6, 6.07) is 4.87. The van der Waals surface area contributed by atoms with Crippen LogP contribution in [0.3, 0.4) is 0 Å². The van der Waals surface area contributed by atoms with Crippen molar-refractivity contribution >= 4 is 11.3 Å². The summed E-state index contributed by atoms with van der Waals surface area (Å²) < 4.78 is 6.20. The molecule has 1 aliphatic carbocycles. The summed E-state index contributed by atoms with van der Waals surface area (Å²) in [5.74, 6) is 0.718. The molecular weight excluding hydrogens is 266 g/mol. The molecule has 3 heteroatoms. The highest BCUT2D eigenvalue weighted by atomic mass is 32.1. The van der Waals surface area contributed by atoms with Crippen LogP contribution < -0.4 is 5.32 Å². The predicted octanol–water partition coefficient (Wildman–Crippen LogP) is 4.69. The minimum atomic E-state index is 0.332. The minimum Gasteiger partial charge on any atom is -0.376 e. The van der Waals surface area contributed by atoms with Gasteiger partial charge in [-0.25, -0.2) is 0 Å². The zero-order valence-corrected chi connectivity index (χ0v) is 14.0. The first-order valence-electron chi connectivity index (χ1n) is 8.17. The van der Waals surface area contributed by atoms with Gasteiger partial charge in [-0.05, 0) is 51.3 Å². The number of ether oxygens (including phenoxy) is 1. The molecule has 2 atom stereocenters. The molecule has 1 heterocycles. The van der Waals surface area contributed by atoms with Crippen LogP contribution in [0.15, 0.2) is 12.1 Å². The Morgan fingerprint density at radius 3 is 2.55 bits per heavy atom. The maximum Gasteiger partial charge on any atom is 0.0805 e. The van der Waals surface area contributed by atoms with Gasteiger partial charge < -0.3 is 10.1 Å². The van der Waals surface area contributed by atoms with Crippen molar-refractivity contribution in [1.29, 1.82) is 0 Å². The Bertz CT molecular complexity index is 384. The quantitative estimate of drug-likeness (QED) is 0.787. The number of aryl methyl sites for hydroxylation is 1. The fourth-order valence-electron chi connectivity index (χ4n) is 3.38. The van der Waals surface area contributed by atoms with E-state index in [9.17, 15) is 0 Å². The fourth-order valence-corrected chi connectivity index (χ4v) is 4.37. The van der Waals surface area contributed by atoms with Gasteiger partial charge in [-0.1, -0.05) is 26.2 Å². The molecule has 0 bridgehead atoms. The molecule has 1 N–H and O–H groups in total. The van der Waals surface area contributed by atoms with E-state index in [1.807, 2.05) is 11.3 Å². The second-order valence-corrected chi connectivity index (χ2v) is 7.12. The predicted molar refractivity (Wildman–Crippen MR) is 87.5 cm³/mol. The van der Waals surface area contributed by atoms with Gasteiger partial charge in [0.1, 0.15) is 0 Å². The van der Waals surface area contributed by atoms with Crippen molar-refractivity contribution in [2.24, 2.45) is 5.92 Å². The van der Waals surface area contributed by atoms with Gasteiger partial charge in [-0.2, -0.15) is 0 Å². The third-order valence-electron chi connectivity index (χ3n) is 4.29. The second-order valence-electron chi connectivity index (χ2n) is 5.80. The molecule has 1 aromatic heterocycles. The van der Waals surface area contributed by atoms with Gasteiger partial charge in [-0.15, -0.1) is 11.3 Å². The van der Waals surface area contributed by atoms with Crippen LogP contribution in [0.25, 0.3) is 0 Å². The lowest BCUT2D eigenvalue weighted by Gasteiger charge is -2.35. The zero-order chi connectivity index (χ0) is 14.4. The van der Waals surface area contributed by atoms with Gasteiger partial charge in [0.05, 0.1) is 12.1 Å². The van der Waals surface area contributed by atoms with E-state index in [1.54, 1.807) is 0 Å². The molecule has 1 fully saturated rings. The van der Waals surface area contributed by atoms with Crippen molar-refractivity contribution in [3.8, 4) is 0 Å². The molecule has 2 nitrogen and oxygen atoms in total. The Balaban J connectivity index is 2.17. The summed E-state index contributed by atoms with van der Waals surface area (Å²) in [4.78, 5) is 2.83. The Morgan fingerprint density at radius 2 is 2.00 bits per heavy atom. The highest BCUT2D eigenvalue weighted by molar-refractivity contribution is 7.12. The van der Waals surface area contributed by atoms with E-state index in [0.29, 0.717) is 12.1 Å². The smallest absolute Gasteiger partial charge is 0.0805 e. The minimum absolute atomic E-state index is 0.332. The Hall–Kier alpha value is -0.380. The summed E-state index contributed by atoms with van der Waals surface area (Å²) >= 11 is 1.91. The number of likely N-dealkylation sites (N-methyl/N-ethyl adjacent to an activating group) is 1. The summed E-state index contributed by atoms with van der Waals surface area (Å²) in [6.07, 6.45) is 7.14. The van der Waals surface area contributed by atoms with Crippen LogP contribution in [0.1, 0.15) is 61.7 Å². The van der Waals surface area contributed by atoms with Crippen LogP contribution in [0, 0.1) is 12.8 Å². The standard InChI is InChI=1S/C17H29NOS/c1-4-18-16(15-12-11-13(3)20-15)17(19-5-2)14-9-7-6-8-10-14/h11-12,14,16-18H,4-10H2,1-3H3. The molecule has 0 aromatic carbocycles. The van der Waals surface area contributed by atoms with Crippen molar-refractivity contribution in [3.63, 3.8) is 0 Å². The van der Waals surface area contributed by atoms with E-state index in [1.165, 1.54) is 41.9 Å². The van der Waals surface area contributed by atoms with E-state index in [2.05, 4.69) is 38.2 Å². The SMILES string of the molecule is CCNC(c1ccc(C)s1)C(OCC)C1CCCCC1. The third kappa shape index (κ3) is 4.06. The van der Waals surface area contributed by atoms with E-state index in [4.69, 9.17) is 4.74 Å². The van der Waals surface area contributed by atoms with Crippen LogP contribution in [0.2, 0.25) is 0 Å². The molecule has 2 rings (SSSR count). The number of rotatable bonds is 7. The van der Waals surface area contributed by atoms with Crippen molar-refractivity contribution in [3.05, 3.63) is 21.9 Å². The Labute approximate surface area is 127 Å². The van der Waals surface area contributed by atoms with E-state index >= 15 is 0 Å². The van der Waals surface area contributed by atoms with Gasteiger partial charge >= 0.3 is 0 Å². The van der Waals surface area contributed by atoms with Crippen LogP contribution >= 0.6 is 11.3 Å². The molecule has 1 saturated carbocycles.